The highest BCUT2D eigenvalue weighted by Gasteiger charge is 2.27. The van der Waals surface area contributed by atoms with Gasteiger partial charge in [-0.25, -0.2) is 9.97 Å². The van der Waals surface area contributed by atoms with E-state index in [1.807, 2.05) is 11.4 Å². The van der Waals surface area contributed by atoms with Gasteiger partial charge in [-0.2, -0.15) is 0 Å². The molecule has 0 aliphatic carbocycles. The van der Waals surface area contributed by atoms with Gasteiger partial charge in [-0.15, -0.1) is 11.3 Å². The van der Waals surface area contributed by atoms with Gasteiger partial charge in [0.25, 0.3) is 0 Å². The maximum atomic E-state index is 12.3. The summed E-state index contributed by atoms with van der Waals surface area (Å²) in [6.45, 7) is 1.92. The lowest BCUT2D eigenvalue weighted by atomic mass is 9.97. The average Bonchev–Trinajstić information content (AvgIpc) is 3.07. The molecule has 1 aliphatic heterocycles. The summed E-state index contributed by atoms with van der Waals surface area (Å²) in [6.07, 6.45) is 3.89. The number of hydrogen-bond donors (Lipinski definition) is 2. The van der Waals surface area contributed by atoms with Crippen LogP contribution in [0.5, 0.6) is 0 Å². The Morgan fingerprint density at radius 3 is 3.12 bits per heavy atom. The van der Waals surface area contributed by atoms with Gasteiger partial charge < -0.3 is 15.3 Å². The Balaban J connectivity index is 1.61. The molecule has 3 rings (SSSR count). The number of nitrogens with one attached hydrogen (secondary N) is 1. The Morgan fingerprint density at radius 2 is 2.29 bits per heavy atom. The highest BCUT2D eigenvalue weighted by molar-refractivity contribution is 7.16. The van der Waals surface area contributed by atoms with Gasteiger partial charge in [0.15, 0.2) is 0 Å². The van der Waals surface area contributed by atoms with Crippen LogP contribution in [-0.4, -0.2) is 46.6 Å². The summed E-state index contributed by atoms with van der Waals surface area (Å²) in [5.74, 6) is -0.0332. The van der Waals surface area contributed by atoms with Crippen molar-refractivity contribution in [1.29, 1.82) is 0 Å². The van der Waals surface area contributed by atoms with Gasteiger partial charge in [-0.3, -0.25) is 9.59 Å². The Morgan fingerprint density at radius 1 is 1.42 bits per heavy atom. The number of aromatic nitrogens is 2. The second kappa shape index (κ2) is 7.57. The van der Waals surface area contributed by atoms with Crippen molar-refractivity contribution in [3.8, 4) is 0 Å². The third-order valence-corrected chi connectivity index (χ3v) is 5.02. The molecule has 0 spiro atoms. The van der Waals surface area contributed by atoms with Crippen LogP contribution in [0.3, 0.4) is 0 Å². The molecule has 1 atom stereocenters. The smallest absolute Gasteiger partial charge is 0.303 e. The predicted octanol–water partition coefficient (Wildman–Crippen LogP) is 1.89. The Labute approximate surface area is 143 Å². The van der Waals surface area contributed by atoms with E-state index < -0.39 is 5.97 Å². The maximum absolute atomic E-state index is 12.3. The minimum Gasteiger partial charge on any atom is -0.481 e. The van der Waals surface area contributed by atoms with Gasteiger partial charge in [-0.05, 0) is 30.7 Å². The Kier molecular flexibility index (Phi) is 5.24. The molecule has 24 heavy (non-hydrogen) atoms. The van der Waals surface area contributed by atoms with E-state index in [4.69, 9.17) is 5.11 Å². The Hall–Kier alpha value is -2.22. The molecule has 2 N–H and O–H groups in total. The van der Waals surface area contributed by atoms with Crippen LogP contribution >= 0.6 is 11.3 Å². The summed E-state index contributed by atoms with van der Waals surface area (Å²) < 4.78 is 0. The lowest BCUT2D eigenvalue weighted by molar-refractivity contribution is -0.137. The van der Waals surface area contributed by atoms with Crippen molar-refractivity contribution >= 4 is 39.2 Å². The first-order chi connectivity index (χ1) is 11.6. The number of rotatable bonds is 6. The zero-order chi connectivity index (χ0) is 16.9. The number of hydrogen-bond acceptors (Lipinski definition) is 6. The summed E-state index contributed by atoms with van der Waals surface area (Å²) in [4.78, 5) is 34.6. The number of carboxylic acid groups (broad SMARTS) is 1. The van der Waals surface area contributed by atoms with E-state index in [2.05, 4.69) is 20.2 Å². The number of nitrogens with zero attached hydrogens (tertiary/aromatic N) is 3. The molecule has 1 unspecified atom stereocenters. The van der Waals surface area contributed by atoms with Crippen LogP contribution in [-0.2, 0) is 9.59 Å². The number of carbonyl (C=O) groups excluding carboxylic acids is 1. The molecule has 2 aromatic heterocycles. The molecule has 1 saturated heterocycles. The molecular weight excluding hydrogens is 328 g/mol. The molecule has 8 heteroatoms. The predicted molar refractivity (Wildman–Crippen MR) is 92.2 cm³/mol. The molecule has 1 aliphatic rings. The minimum absolute atomic E-state index is 0.000655. The van der Waals surface area contributed by atoms with Crippen LogP contribution in [0.4, 0.5) is 5.82 Å². The summed E-state index contributed by atoms with van der Waals surface area (Å²) in [5.41, 5.74) is 0. The quantitative estimate of drug-likeness (QED) is 0.774. The largest absolute Gasteiger partial charge is 0.481 e. The van der Waals surface area contributed by atoms with Crippen molar-refractivity contribution in [2.75, 3.05) is 24.5 Å². The van der Waals surface area contributed by atoms with Crippen LogP contribution in [0.1, 0.15) is 25.7 Å². The van der Waals surface area contributed by atoms with E-state index in [1.165, 1.54) is 0 Å². The van der Waals surface area contributed by atoms with Crippen LogP contribution in [0.25, 0.3) is 10.2 Å². The number of carboxylic acids is 1. The Bertz CT molecular complexity index is 733. The molecule has 2 aromatic rings. The van der Waals surface area contributed by atoms with Crippen LogP contribution in [0.15, 0.2) is 17.8 Å². The summed E-state index contributed by atoms with van der Waals surface area (Å²) in [7, 11) is 0. The lowest BCUT2D eigenvalue weighted by Crippen LogP contribution is -2.43. The zero-order valence-electron chi connectivity index (χ0n) is 13.3. The summed E-state index contributed by atoms with van der Waals surface area (Å²) >= 11 is 1.58. The van der Waals surface area contributed by atoms with Gasteiger partial charge in [0.05, 0.1) is 11.3 Å². The molecule has 0 saturated carbocycles. The fourth-order valence-corrected chi connectivity index (χ4v) is 3.74. The highest BCUT2D eigenvalue weighted by atomic mass is 32.1. The molecule has 3 heterocycles. The molecule has 0 aromatic carbocycles. The normalized spacial score (nSPS) is 17.8. The van der Waals surface area contributed by atoms with Crippen LogP contribution < -0.4 is 10.2 Å². The number of amides is 1. The third-order valence-electron chi connectivity index (χ3n) is 4.20. The standard InChI is InChI=1S/C16H20N4O3S/c21-13(22)4-1-6-17-15(23)11-3-2-7-20(9-11)14-12-5-8-24-16(12)19-10-18-14/h5,8,10-11H,1-4,6-7,9H2,(H,17,23)(H,21,22). The number of piperidine rings is 1. The van der Waals surface area contributed by atoms with Crippen molar-refractivity contribution in [2.24, 2.45) is 5.92 Å². The van der Waals surface area contributed by atoms with E-state index in [-0.39, 0.29) is 18.2 Å². The number of fused-ring (bicyclic) bond motifs is 1. The van der Waals surface area contributed by atoms with Crippen molar-refractivity contribution in [2.45, 2.75) is 25.7 Å². The SMILES string of the molecule is O=C(O)CCCNC(=O)C1CCCN(c2ncnc3sccc23)C1. The monoisotopic (exact) mass is 348 g/mol. The topological polar surface area (TPSA) is 95.4 Å². The fourth-order valence-electron chi connectivity index (χ4n) is 3.01. The van der Waals surface area contributed by atoms with E-state index >= 15 is 0 Å². The number of thiophene rings is 1. The first-order valence-electron chi connectivity index (χ1n) is 8.08. The second-order valence-corrected chi connectivity index (χ2v) is 6.80. The van der Waals surface area contributed by atoms with E-state index in [0.29, 0.717) is 19.5 Å². The lowest BCUT2D eigenvalue weighted by Gasteiger charge is -2.33. The summed E-state index contributed by atoms with van der Waals surface area (Å²) in [5, 5.41) is 14.5. The van der Waals surface area contributed by atoms with E-state index in [0.717, 1.165) is 35.4 Å². The van der Waals surface area contributed by atoms with Gasteiger partial charge >= 0.3 is 5.97 Å². The van der Waals surface area contributed by atoms with Gasteiger partial charge in [0.1, 0.15) is 17.0 Å². The fraction of sp³-hybridized carbons (Fsp3) is 0.500. The third kappa shape index (κ3) is 3.81. The first-order valence-corrected chi connectivity index (χ1v) is 8.96. The van der Waals surface area contributed by atoms with Crippen molar-refractivity contribution in [3.05, 3.63) is 17.8 Å². The highest BCUT2D eigenvalue weighted by Crippen LogP contribution is 2.29. The molecular formula is C16H20N4O3S. The van der Waals surface area contributed by atoms with Crippen molar-refractivity contribution < 1.29 is 14.7 Å². The molecule has 128 valence electrons. The number of carbonyl (C=O) groups is 2. The molecule has 0 bridgehead atoms. The van der Waals surface area contributed by atoms with Crippen molar-refractivity contribution in [1.82, 2.24) is 15.3 Å². The average molecular weight is 348 g/mol. The van der Waals surface area contributed by atoms with Gasteiger partial charge in [0, 0.05) is 26.1 Å². The van der Waals surface area contributed by atoms with Crippen LogP contribution in [0, 0.1) is 5.92 Å². The summed E-state index contributed by atoms with van der Waals surface area (Å²) in [6, 6.07) is 2.02. The minimum atomic E-state index is -0.836. The molecule has 7 nitrogen and oxygen atoms in total. The zero-order valence-corrected chi connectivity index (χ0v) is 14.1. The first kappa shape index (κ1) is 16.6. The second-order valence-electron chi connectivity index (χ2n) is 5.91. The van der Waals surface area contributed by atoms with Crippen LogP contribution in [0.2, 0.25) is 0 Å². The molecule has 0 radical (unpaired) electrons. The van der Waals surface area contributed by atoms with E-state index in [1.54, 1.807) is 17.7 Å². The van der Waals surface area contributed by atoms with Crippen molar-refractivity contribution in [3.63, 3.8) is 0 Å². The molecule has 1 fully saturated rings. The number of aliphatic carboxylic acids is 1. The number of anilines is 1. The van der Waals surface area contributed by atoms with E-state index in [9.17, 15) is 9.59 Å². The van der Waals surface area contributed by atoms with Gasteiger partial charge in [0.2, 0.25) is 5.91 Å². The van der Waals surface area contributed by atoms with Gasteiger partial charge in [-0.1, -0.05) is 0 Å². The molecule has 1 amide bonds. The maximum Gasteiger partial charge on any atom is 0.303 e.